The largest absolute Gasteiger partial charge is 0.378 e. The molecule has 0 spiro atoms. The van der Waals surface area contributed by atoms with Crippen LogP contribution >= 0.6 is 0 Å². The molecule has 1 aromatic carbocycles. The van der Waals surface area contributed by atoms with E-state index in [0.29, 0.717) is 17.9 Å². The van der Waals surface area contributed by atoms with Crippen molar-refractivity contribution in [2.45, 2.75) is 45.8 Å². The van der Waals surface area contributed by atoms with Gasteiger partial charge in [-0.05, 0) is 36.3 Å². The Labute approximate surface area is 111 Å². The maximum atomic E-state index is 5.57. The molecule has 0 bridgehead atoms. The summed E-state index contributed by atoms with van der Waals surface area (Å²) in [6.07, 6.45) is 1.61. The predicted molar refractivity (Wildman–Crippen MR) is 75.8 cm³/mol. The number of hydrogen-bond acceptors (Lipinski definition) is 2. The summed E-state index contributed by atoms with van der Waals surface area (Å²) in [7, 11) is 0. The highest BCUT2D eigenvalue weighted by molar-refractivity contribution is 5.24. The van der Waals surface area contributed by atoms with Gasteiger partial charge in [0.2, 0.25) is 0 Å². The zero-order valence-electron chi connectivity index (χ0n) is 11.8. The molecule has 1 saturated heterocycles. The third-order valence-corrected chi connectivity index (χ3v) is 3.92. The number of benzene rings is 1. The maximum absolute atomic E-state index is 5.57. The highest BCUT2D eigenvalue weighted by atomic mass is 16.5. The van der Waals surface area contributed by atoms with E-state index >= 15 is 0 Å². The summed E-state index contributed by atoms with van der Waals surface area (Å²) >= 11 is 0. The van der Waals surface area contributed by atoms with E-state index in [-0.39, 0.29) is 0 Å². The smallest absolute Gasteiger partial charge is 0.0588 e. The Morgan fingerprint density at radius 3 is 2.56 bits per heavy atom. The van der Waals surface area contributed by atoms with Crippen LogP contribution in [-0.2, 0) is 11.3 Å². The quantitative estimate of drug-likeness (QED) is 0.862. The van der Waals surface area contributed by atoms with Gasteiger partial charge < -0.3 is 10.1 Å². The molecule has 0 aromatic heterocycles. The van der Waals surface area contributed by atoms with Gasteiger partial charge in [0.1, 0.15) is 0 Å². The standard InChI is InChI=1S/C16H25NO/c1-12(2)15-6-4-14(5-7-15)10-17-11-16-8-9-18-13(16)3/h4-7,12-13,16-17H,8-11H2,1-3H3. The summed E-state index contributed by atoms with van der Waals surface area (Å²) in [4.78, 5) is 0. The lowest BCUT2D eigenvalue weighted by atomic mass is 10.0. The Morgan fingerprint density at radius 2 is 2.00 bits per heavy atom. The van der Waals surface area contributed by atoms with Crippen LogP contribution in [-0.4, -0.2) is 19.3 Å². The Hall–Kier alpha value is -0.860. The summed E-state index contributed by atoms with van der Waals surface area (Å²) in [6, 6.07) is 8.94. The zero-order valence-corrected chi connectivity index (χ0v) is 11.8. The molecule has 100 valence electrons. The van der Waals surface area contributed by atoms with E-state index in [1.807, 2.05) is 0 Å². The molecule has 2 unspecified atom stereocenters. The molecule has 1 N–H and O–H groups in total. The Morgan fingerprint density at radius 1 is 1.28 bits per heavy atom. The Kier molecular flexibility index (Phi) is 4.79. The molecule has 0 radical (unpaired) electrons. The van der Waals surface area contributed by atoms with E-state index in [0.717, 1.165) is 19.7 Å². The molecule has 1 fully saturated rings. The number of rotatable bonds is 5. The zero-order chi connectivity index (χ0) is 13.0. The van der Waals surface area contributed by atoms with Crippen molar-refractivity contribution < 1.29 is 4.74 Å². The normalized spacial score (nSPS) is 23.8. The average molecular weight is 247 g/mol. The van der Waals surface area contributed by atoms with Crippen LogP contribution in [0.15, 0.2) is 24.3 Å². The van der Waals surface area contributed by atoms with Crippen LogP contribution in [0.25, 0.3) is 0 Å². The lowest BCUT2D eigenvalue weighted by Crippen LogP contribution is -2.26. The van der Waals surface area contributed by atoms with Crippen molar-refractivity contribution in [1.29, 1.82) is 0 Å². The molecule has 1 aliphatic heterocycles. The van der Waals surface area contributed by atoms with Crippen molar-refractivity contribution in [2.24, 2.45) is 5.92 Å². The molecule has 2 rings (SSSR count). The minimum absolute atomic E-state index is 0.417. The molecule has 1 aromatic rings. The molecular formula is C16H25NO. The Bertz CT molecular complexity index is 358. The van der Waals surface area contributed by atoms with Crippen LogP contribution in [0.1, 0.15) is 44.2 Å². The SMILES string of the molecule is CC(C)c1ccc(CNCC2CCOC2C)cc1. The molecule has 0 amide bonds. The first-order chi connectivity index (χ1) is 8.66. The first kappa shape index (κ1) is 13.6. The van der Waals surface area contributed by atoms with Gasteiger partial charge in [-0.1, -0.05) is 38.1 Å². The first-order valence-corrected chi connectivity index (χ1v) is 7.08. The van der Waals surface area contributed by atoms with E-state index in [2.05, 4.69) is 50.4 Å². The average Bonchev–Trinajstić information content (AvgIpc) is 2.76. The first-order valence-electron chi connectivity index (χ1n) is 7.08. The van der Waals surface area contributed by atoms with Gasteiger partial charge in [-0.3, -0.25) is 0 Å². The number of ether oxygens (including phenoxy) is 1. The van der Waals surface area contributed by atoms with E-state index in [4.69, 9.17) is 4.74 Å². The van der Waals surface area contributed by atoms with Gasteiger partial charge >= 0.3 is 0 Å². The molecular weight excluding hydrogens is 222 g/mol. The van der Waals surface area contributed by atoms with Gasteiger partial charge in [0.25, 0.3) is 0 Å². The number of nitrogens with one attached hydrogen (secondary N) is 1. The second-order valence-corrected chi connectivity index (χ2v) is 5.65. The van der Waals surface area contributed by atoms with Gasteiger partial charge in [-0.2, -0.15) is 0 Å². The third kappa shape index (κ3) is 3.56. The molecule has 2 atom stereocenters. The van der Waals surface area contributed by atoms with Gasteiger partial charge in [0, 0.05) is 19.7 Å². The van der Waals surface area contributed by atoms with Crippen LogP contribution < -0.4 is 5.32 Å². The lowest BCUT2D eigenvalue weighted by Gasteiger charge is -2.15. The van der Waals surface area contributed by atoms with Crippen LogP contribution in [0.2, 0.25) is 0 Å². The molecule has 1 aliphatic rings. The van der Waals surface area contributed by atoms with Crippen LogP contribution in [0.3, 0.4) is 0 Å². The molecule has 18 heavy (non-hydrogen) atoms. The summed E-state index contributed by atoms with van der Waals surface area (Å²) in [5.74, 6) is 1.29. The summed E-state index contributed by atoms with van der Waals surface area (Å²) in [5.41, 5.74) is 2.78. The van der Waals surface area contributed by atoms with E-state index in [1.54, 1.807) is 0 Å². The second kappa shape index (κ2) is 6.35. The lowest BCUT2D eigenvalue weighted by molar-refractivity contribution is 0.105. The summed E-state index contributed by atoms with van der Waals surface area (Å²) in [6.45, 7) is 9.59. The summed E-state index contributed by atoms with van der Waals surface area (Å²) < 4.78 is 5.57. The van der Waals surface area contributed by atoms with E-state index in [9.17, 15) is 0 Å². The van der Waals surface area contributed by atoms with Crippen molar-refractivity contribution in [3.05, 3.63) is 35.4 Å². The number of hydrogen-bond donors (Lipinski definition) is 1. The van der Waals surface area contributed by atoms with Crippen molar-refractivity contribution in [1.82, 2.24) is 5.32 Å². The summed E-state index contributed by atoms with van der Waals surface area (Å²) in [5, 5.41) is 3.54. The van der Waals surface area contributed by atoms with Gasteiger partial charge in [0.15, 0.2) is 0 Å². The molecule has 2 nitrogen and oxygen atoms in total. The van der Waals surface area contributed by atoms with Crippen molar-refractivity contribution in [3.63, 3.8) is 0 Å². The topological polar surface area (TPSA) is 21.3 Å². The van der Waals surface area contributed by atoms with Gasteiger partial charge in [-0.15, -0.1) is 0 Å². The Balaban J connectivity index is 1.76. The fourth-order valence-corrected chi connectivity index (χ4v) is 2.47. The van der Waals surface area contributed by atoms with Gasteiger partial charge in [-0.25, -0.2) is 0 Å². The molecule has 1 heterocycles. The van der Waals surface area contributed by atoms with Crippen LogP contribution in [0.5, 0.6) is 0 Å². The fraction of sp³-hybridized carbons (Fsp3) is 0.625. The van der Waals surface area contributed by atoms with Crippen LogP contribution in [0, 0.1) is 5.92 Å². The predicted octanol–water partition coefficient (Wildman–Crippen LogP) is 3.32. The van der Waals surface area contributed by atoms with E-state index in [1.165, 1.54) is 17.5 Å². The maximum Gasteiger partial charge on any atom is 0.0588 e. The molecule has 0 saturated carbocycles. The van der Waals surface area contributed by atoms with Crippen molar-refractivity contribution in [2.75, 3.05) is 13.2 Å². The van der Waals surface area contributed by atoms with E-state index < -0.39 is 0 Å². The second-order valence-electron chi connectivity index (χ2n) is 5.65. The third-order valence-electron chi connectivity index (χ3n) is 3.92. The van der Waals surface area contributed by atoms with Gasteiger partial charge in [0.05, 0.1) is 6.10 Å². The minimum atomic E-state index is 0.417. The van der Waals surface area contributed by atoms with Crippen LogP contribution in [0.4, 0.5) is 0 Å². The molecule has 2 heteroatoms. The minimum Gasteiger partial charge on any atom is -0.378 e. The van der Waals surface area contributed by atoms with Crippen molar-refractivity contribution >= 4 is 0 Å². The molecule has 0 aliphatic carbocycles. The highest BCUT2D eigenvalue weighted by Gasteiger charge is 2.23. The van der Waals surface area contributed by atoms with Crippen molar-refractivity contribution in [3.8, 4) is 0 Å². The highest BCUT2D eigenvalue weighted by Crippen LogP contribution is 2.19. The monoisotopic (exact) mass is 247 g/mol. The fourth-order valence-electron chi connectivity index (χ4n) is 2.47.